The molecule has 0 spiro atoms. The van der Waals surface area contributed by atoms with Crippen molar-refractivity contribution in [3.05, 3.63) is 35.9 Å². The Labute approximate surface area is 89.2 Å². The second kappa shape index (κ2) is 3.40. The summed E-state index contributed by atoms with van der Waals surface area (Å²) >= 11 is 0. The summed E-state index contributed by atoms with van der Waals surface area (Å²) in [6.07, 6.45) is -5.65. The average molecular weight is 231 g/mol. The van der Waals surface area contributed by atoms with E-state index in [0.29, 0.717) is 0 Å². The summed E-state index contributed by atoms with van der Waals surface area (Å²) in [6.45, 7) is -0.737. The molecule has 0 radical (unpaired) electrons. The number of amides is 1. The van der Waals surface area contributed by atoms with Gasteiger partial charge in [-0.05, 0) is 5.56 Å². The van der Waals surface area contributed by atoms with E-state index in [4.69, 9.17) is 0 Å². The molecule has 0 bridgehead atoms. The van der Waals surface area contributed by atoms with Crippen LogP contribution in [0.5, 0.6) is 0 Å². The van der Waals surface area contributed by atoms with E-state index in [-0.39, 0.29) is 5.56 Å². The zero-order chi connectivity index (χ0) is 11.8. The number of benzene rings is 1. The SMILES string of the molecule is O=C1NC(c2ccccc2)(C(F)(F)F)CO1. The highest BCUT2D eigenvalue weighted by Gasteiger charge is 2.61. The summed E-state index contributed by atoms with van der Waals surface area (Å²) in [5.41, 5.74) is -2.46. The second-order valence-corrected chi connectivity index (χ2v) is 3.47. The van der Waals surface area contributed by atoms with Gasteiger partial charge in [0.15, 0.2) is 5.54 Å². The first kappa shape index (κ1) is 10.8. The largest absolute Gasteiger partial charge is 0.446 e. The molecule has 1 aliphatic heterocycles. The van der Waals surface area contributed by atoms with Crippen LogP contribution in [0.3, 0.4) is 0 Å². The summed E-state index contributed by atoms with van der Waals surface area (Å²) in [5, 5.41) is 1.84. The zero-order valence-electron chi connectivity index (χ0n) is 8.04. The van der Waals surface area contributed by atoms with Crippen molar-refractivity contribution in [2.75, 3.05) is 6.61 Å². The molecule has 1 aromatic rings. The van der Waals surface area contributed by atoms with Crippen LogP contribution in [-0.4, -0.2) is 18.9 Å². The Bertz CT molecular complexity index is 404. The van der Waals surface area contributed by atoms with Crippen molar-refractivity contribution in [3.8, 4) is 0 Å². The Morgan fingerprint density at radius 3 is 2.31 bits per heavy atom. The van der Waals surface area contributed by atoms with Gasteiger partial charge in [-0.3, -0.25) is 0 Å². The van der Waals surface area contributed by atoms with E-state index in [1.807, 2.05) is 5.32 Å². The van der Waals surface area contributed by atoms with Gasteiger partial charge in [0.2, 0.25) is 0 Å². The van der Waals surface area contributed by atoms with Gasteiger partial charge in [-0.25, -0.2) is 4.79 Å². The summed E-state index contributed by atoms with van der Waals surface area (Å²) in [6, 6.07) is 7.18. The summed E-state index contributed by atoms with van der Waals surface area (Å²) in [5.74, 6) is 0. The molecule has 1 atom stereocenters. The molecule has 1 amide bonds. The Balaban J connectivity index is 2.49. The predicted molar refractivity (Wildman–Crippen MR) is 48.7 cm³/mol. The van der Waals surface area contributed by atoms with Gasteiger partial charge in [-0.1, -0.05) is 30.3 Å². The summed E-state index contributed by atoms with van der Waals surface area (Å²) in [4.78, 5) is 10.8. The fourth-order valence-corrected chi connectivity index (χ4v) is 1.61. The number of carbonyl (C=O) groups is 1. The minimum absolute atomic E-state index is 0.0339. The maximum atomic E-state index is 13.0. The lowest BCUT2D eigenvalue weighted by Gasteiger charge is -2.29. The normalized spacial score (nSPS) is 25.1. The van der Waals surface area contributed by atoms with Crippen LogP contribution in [0.2, 0.25) is 0 Å². The third-order valence-corrected chi connectivity index (χ3v) is 2.49. The highest BCUT2D eigenvalue weighted by Crippen LogP contribution is 2.41. The van der Waals surface area contributed by atoms with Gasteiger partial charge in [0, 0.05) is 0 Å². The van der Waals surface area contributed by atoms with E-state index < -0.39 is 24.4 Å². The van der Waals surface area contributed by atoms with Gasteiger partial charge < -0.3 is 10.1 Å². The predicted octanol–water partition coefficient (Wildman–Crippen LogP) is 2.18. The molecule has 1 N–H and O–H groups in total. The molecule has 3 nitrogen and oxygen atoms in total. The molecule has 1 fully saturated rings. The molecular formula is C10H8F3NO2. The highest BCUT2D eigenvalue weighted by atomic mass is 19.4. The lowest BCUT2D eigenvalue weighted by molar-refractivity contribution is -0.196. The maximum absolute atomic E-state index is 13.0. The fraction of sp³-hybridized carbons (Fsp3) is 0.300. The van der Waals surface area contributed by atoms with Gasteiger partial charge in [0.05, 0.1) is 0 Å². The van der Waals surface area contributed by atoms with Crippen LogP contribution in [0.4, 0.5) is 18.0 Å². The molecule has 16 heavy (non-hydrogen) atoms. The molecule has 1 heterocycles. The molecule has 0 aromatic heterocycles. The quantitative estimate of drug-likeness (QED) is 0.804. The average Bonchev–Trinajstić information content (AvgIpc) is 2.62. The number of alkyl halides is 3. The van der Waals surface area contributed by atoms with Gasteiger partial charge in [0.1, 0.15) is 6.61 Å². The first-order valence-corrected chi connectivity index (χ1v) is 4.53. The summed E-state index contributed by atoms with van der Waals surface area (Å²) < 4.78 is 43.3. The van der Waals surface area contributed by atoms with E-state index in [0.717, 1.165) is 0 Å². The molecule has 86 valence electrons. The molecule has 1 unspecified atom stereocenters. The van der Waals surface area contributed by atoms with Crippen LogP contribution in [-0.2, 0) is 10.3 Å². The number of hydrogen-bond donors (Lipinski definition) is 1. The van der Waals surface area contributed by atoms with Crippen molar-refractivity contribution >= 4 is 6.09 Å². The molecule has 0 saturated carbocycles. The van der Waals surface area contributed by atoms with Crippen LogP contribution >= 0.6 is 0 Å². The van der Waals surface area contributed by atoms with Crippen LogP contribution in [0.1, 0.15) is 5.56 Å². The Morgan fingerprint density at radius 1 is 1.25 bits per heavy atom. The second-order valence-electron chi connectivity index (χ2n) is 3.47. The number of carbonyl (C=O) groups excluding carboxylic acids is 1. The van der Waals surface area contributed by atoms with Crippen molar-refractivity contribution in [1.29, 1.82) is 0 Å². The minimum Gasteiger partial charge on any atom is -0.446 e. The first-order chi connectivity index (χ1) is 7.46. The van der Waals surface area contributed by atoms with E-state index in [2.05, 4.69) is 4.74 Å². The highest BCUT2D eigenvalue weighted by molar-refractivity contribution is 5.71. The van der Waals surface area contributed by atoms with E-state index in [9.17, 15) is 18.0 Å². The van der Waals surface area contributed by atoms with Gasteiger partial charge in [0.25, 0.3) is 0 Å². The van der Waals surface area contributed by atoms with Crippen LogP contribution < -0.4 is 5.32 Å². The number of nitrogens with one attached hydrogen (secondary N) is 1. The van der Waals surface area contributed by atoms with E-state index in [1.54, 1.807) is 6.07 Å². The van der Waals surface area contributed by atoms with Crippen LogP contribution in [0, 0.1) is 0 Å². The monoisotopic (exact) mass is 231 g/mol. The molecular weight excluding hydrogens is 223 g/mol. The van der Waals surface area contributed by atoms with Gasteiger partial charge in [-0.2, -0.15) is 13.2 Å². The zero-order valence-corrected chi connectivity index (χ0v) is 8.04. The lowest BCUT2D eigenvalue weighted by Crippen LogP contribution is -2.52. The molecule has 1 aliphatic rings. The van der Waals surface area contributed by atoms with Crippen molar-refractivity contribution in [1.82, 2.24) is 5.32 Å². The number of alkyl carbamates (subject to hydrolysis) is 1. The van der Waals surface area contributed by atoms with Crippen molar-refractivity contribution in [3.63, 3.8) is 0 Å². The maximum Gasteiger partial charge on any atom is 0.419 e. The Morgan fingerprint density at radius 2 is 1.88 bits per heavy atom. The van der Waals surface area contributed by atoms with Gasteiger partial charge >= 0.3 is 12.3 Å². The minimum atomic E-state index is -4.60. The van der Waals surface area contributed by atoms with Crippen LogP contribution in [0.15, 0.2) is 30.3 Å². The molecule has 2 rings (SSSR count). The first-order valence-electron chi connectivity index (χ1n) is 4.53. The van der Waals surface area contributed by atoms with Crippen molar-refractivity contribution < 1.29 is 22.7 Å². The summed E-state index contributed by atoms with van der Waals surface area (Å²) in [7, 11) is 0. The number of ether oxygens (including phenoxy) is 1. The Kier molecular flexibility index (Phi) is 2.29. The number of rotatable bonds is 1. The standard InChI is InChI=1S/C10H8F3NO2/c11-10(12,13)9(6-16-8(15)14-9)7-4-2-1-3-5-7/h1-5H,6H2,(H,14,15). The van der Waals surface area contributed by atoms with Gasteiger partial charge in [-0.15, -0.1) is 0 Å². The van der Waals surface area contributed by atoms with Crippen molar-refractivity contribution in [2.24, 2.45) is 0 Å². The molecule has 1 saturated heterocycles. The molecule has 6 heteroatoms. The Hall–Kier alpha value is -1.72. The molecule has 1 aromatic carbocycles. The lowest BCUT2D eigenvalue weighted by atomic mass is 9.91. The topological polar surface area (TPSA) is 38.3 Å². The van der Waals surface area contributed by atoms with E-state index >= 15 is 0 Å². The van der Waals surface area contributed by atoms with E-state index in [1.165, 1.54) is 24.3 Å². The third kappa shape index (κ3) is 1.50. The number of halogens is 3. The number of hydrogen-bond acceptors (Lipinski definition) is 2. The molecule has 0 aliphatic carbocycles. The van der Waals surface area contributed by atoms with Crippen molar-refractivity contribution in [2.45, 2.75) is 11.7 Å². The fourth-order valence-electron chi connectivity index (χ4n) is 1.61. The number of cyclic esters (lactones) is 1. The van der Waals surface area contributed by atoms with Crippen LogP contribution in [0.25, 0.3) is 0 Å². The smallest absolute Gasteiger partial charge is 0.419 e. The third-order valence-electron chi connectivity index (χ3n) is 2.49.